The fourth-order valence-corrected chi connectivity index (χ4v) is 0.391. The van der Waals surface area contributed by atoms with E-state index in [1.165, 1.54) is 6.33 Å². The predicted octanol–water partition coefficient (Wildman–Crippen LogP) is 0.116. The van der Waals surface area contributed by atoms with Gasteiger partial charge in [0.15, 0.2) is 5.82 Å². The topological polar surface area (TPSA) is 67.6 Å². The Morgan fingerprint density at radius 1 is 1.75 bits per heavy atom. The molecule has 0 bridgehead atoms. The molecule has 0 unspecified atom stereocenters. The SMILES string of the molecule is Nc1nnc[nH]c1=S. The summed E-state index contributed by atoms with van der Waals surface area (Å²) in [5, 5.41) is 6.92. The average Bonchev–Trinajstić information content (AvgIpc) is 1.77. The van der Waals surface area contributed by atoms with E-state index in [9.17, 15) is 0 Å². The van der Waals surface area contributed by atoms with Crippen molar-refractivity contribution in [3.05, 3.63) is 11.0 Å². The third-order valence-electron chi connectivity index (χ3n) is 0.651. The van der Waals surface area contributed by atoms with Gasteiger partial charge in [-0.05, 0) is 0 Å². The highest BCUT2D eigenvalue weighted by Crippen LogP contribution is 1.89. The normalized spacial score (nSPS) is 9.00. The number of nitrogens with two attached hydrogens (primary N) is 1. The third-order valence-corrected chi connectivity index (χ3v) is 0.978. The molecule has 1 heterocycles. The van der Waals surface area contributed by atoms with Crippen LogP contribution in [0, 0.1) is 4.64 Å². The minimum Gasteiger partial charge on any atom is -0.380 e. The number of nitrogen functional groups attached to an aromatic ring is 1. The maximum atomic E-state index is 5.21. The van der Waals surface area contributed by atoms with Gasteiger partial charge >= 0.3 is 0 Å². The molecule has 0 aliphatic heterocycles. The lowest BCUT2D eigenvalue weighted by atomic mass is 10.8. The lowest BCUT2D eigenvalue weighted by molar-refractivity contribution is 0.972. The number of nitrogens with zero attached hydrogens (tertiary/aromatic N) is 2. The van der Waals surface area contributed by atoms with Crippen molar-refractivity contribution in [2.24, 2.45) is 0 Å². The first-order valence-corrected chi connectivity index (χ1v) is 2.37. The molecule has 4 nitrogen and oxygen atoms in total. The Morgan fingerprint density at radius 2 is 2.50 bits per heavy atom. The van der Waals surface area contributed by atoms with Gasteiger partial charge in [0.1, 0.15) is 11.0 Å². The lowest BCUT2D eigenvalue weighted by Crippen LogP contribution is -1.94. The number of nitrogens with one attached hydrogen (secondary N) is 1. The molecule has 0 fully saturated rings. The first-order chi connectivity index (χ1) is 3.80. The van der Waals surface area contributed by atoms with Crippen LogP contribution in [0.5, 0.6) is 0 Å². The van der Waals surface area contributed by atoms with Gasteiger partial charge in [-0.1, -0.05) is 12.2 Å². The van der Waals surface area contributed by atoms with E-state index in [0.29, 0.717) is 4.64 Å². The van der Waals surface area contributed by atoms with Gasteiger partial charge in [0.05, 0.1) is 0 Å². The Labute approximate surface area is 50.8 Å². The van der Waals surface area contributed by atoms with Gasteiger partial charge in [-0.25, -0.2) is 0 Å². The van der Waals surface area contributed by atoms with Crippen molar-refractivity contribution < 1.29 is 0 Å². The first-order valence-electron chi connectivity index (χ1n) is 1.96. The van der Waals surface area contributed by atoms with Crippen LogP contribution >= 0.6 is 12.2 Å². The summed E-state index contributed by atoms with van der Waals surface area (Å²) < 4.78 is 0.431. The van der Waals surface area contributed by atoms with Gasteiger partial charge in [-0.15, -0.1) is 10.2 Å². The monoisotopic (exact) mass is 128 g/mol. The maximum Gasteiger partial charge on any atom is 0.181 e. The van der Waals surface area contributed by atoms with Gasteiger partial charge in [0.25, 0.3) is 0 Å². The molecule has 0 amide bonds. The number of anilines is 1. The second-order valence-electron chi connectivity index (χ2n) is 1.20. The largest absolute Gasteiger partial charge is 0.380 e. The second kappa shape index (κ2) is 1.87. The van der Waals surface area contributed by atoms with Crippen molar-refractivity contribution >= 4 is 18.0 Å². The molecule has 0 aliphatic carbocycles. The van der Waals surface area contributed by atoms with Crippen LogP contribution in [0.4, 0.5) is 5.82 Å². The molecule has 1 aromatic rings. The highest BCUT2D eigenvalue weighted by molar-refractivity contribution is 7.71. The number of aromatic amines is 1. The van der Waals surface area contributed by atoms with Crippen LogP contribution < -0.4 is 5.73 Å². The molecule has 42 valence electrons. The van der Waals surface area contributed by atoms with E-state index in [1.807, 2.05) is 0 Å². The van der Waals surface area contributed by atoms with E-state index in [0.717, 1.165) is 0 Å². The predicted molar refractivity (Wildman–Crippen MR) is 31.6 cm³/mol. The molecule has 0 aromatic carbocycles. The molecule has 0 atom stereocenters. The highest BCUT2D eigenvalue weighted by atomic mass is 32.1. The van der Waals surface area contributed by atoms with Crippen LogP contribution in [0.3, 0.4) is 0 Å². The molecule has 3 N–H and O–H groups in total. The molecule has 0 saturated carbocycles. The molecular formula is C3H4N4S. The zero-order valence-corrected chi connectivity index (χ0v) is 4.77. The van der Waals surface area contributed by atoms with E-state index in [4.69, 9.17) is 5.73 Å². The average molecular weight is 128 g/mol. The summed E-state index contributed by atoms with van der Waals surface area (Å²) >= 11 is 4.67. The van der Waals surface area contributed by atoms with Crippen LogP contribution in [0.15, 0.2) is 6.33 Å². The Bertz CT molecular complexity index is 229. The van der Waals surface area contributed by atoms with Crippen molar-refractivity contribution in [1.82, 2.24) is 15.2 Å². The Kier molecular flexibility index (Phi) is 1.21. The summed E-state index contributed by atoms with van der Waals surface area (Å²) in [5.74, 6) is 0.266. The van der Waals surface area contributed by atoms with Gasteiger partial charge in [0, 0.05) is 0 Å². The Hall–Kier alpha value is -0.970. The number of aromatic nitrogens is 3. The highest BCUT2D eigenvalue weighted by Gasteiger charge is 1.83. The maximum absolute atomic E-state index is 5.21. The summed E-state index contributed by atoms with van der Waals surface area (Å²) in [6.45, 7) is 0. The zero-order chi connectivity index (χ0) is 5.98. The van der Waals surface area contributed by atoms with Crippen molar-refractivity contribution in [3.8, 4) is 0 Å². The van der Waals surface area contributed by atoms with Crippen molar-refractivity contribution in [1.29, 1.82) is 0 Å². The number of H-pyrrole nitrogens is 1. The van der Waals surface area contributed by atoms with Crippen LogP contribution in [-0.4, -0.2) is 15.2 Å². The fourth-order valence-electron chi connectivity index (χ4n) is 0.298. The minimum absolute atomic E-state index is 0.266. The Balaban J connectivity index is 3.35. The molecule has 0 radical (unpaired) electrons. The van der Waals surface area contributed by atoms with Crippen molar-refractivity contribution in [2.75, 3.05) is 5.73 Å². The van der Waals surface area contributed by atoms with E-state index >= 15 is 0 Å². The summed E-state index contributed by atoms with van der Waals surface area (Å²) in [7, 11) is 0. The van der Waals surface area contributed by atoms with Crippen molar-refractivity contribution in [2.45, 2.75) is 0 Å². The number of hydrogen-bond donors (Lipinski definition) is 2. The van der Waals surface area contributed by atoms with Crippen LogP contribution in [-0.2, 0) is 0 Å². The minimum atomic E-state index is 0.266. The van der Waals surface area contributed by atoms with E-state index in [-0.39, 0.29) is 5.82 Å². The van der Waals surface area contributed by atoms with Crippen LogP contribution in [0.2, 0.25) is 0 Å². The van der Waals surface area contributed by atoms with E-state index in [2.05, 4.69) is 27.4 Å². The van der Waals surface area contributed by atoms with Gasteiger partial charge in [-0.3, -0.25) is 0 Å². The van der Waals surface area contributed by atoms with Crippen LogP contribution in [0.1, 0.15) is 0 Å². The molecule has 0 saturated heterocycles. The summed E-state index contributed by atoms with van der Waals surface area (Å²) in [4.78, 5) is 2.62. The fraction of sp³-hybridized carbons (Fsp3) is 0. The van der Waals surface area contributed by atoms with Gasteiger partial charge in [0.2, 0.25) is 0 Å². The van der Waals surface area contributed by atoms with Crippen LogP contribution in [0.25, 0.3) is 0 Å². The van der Waals surface area contributed by atoms with E-state index in [1.54, 1.807) is 0 Å². The van der Waals surface area contributed by atoms with Gasteiger partial charge in [-0.2, -0.15) is 0 Å². The molecule has 5 heteroatoms. The number of hydrogen-bond acceptors (Lipinski definition) is 4. The second-order valence-corrected chi connectivity index (χ2v) is 1.61. The van der Waals surface area contributed by atoms with E-state index < -0.39 is 0 Å². The molecule has 8 heavy (non-hydrogen) atoms. The zero-order valence-electron chi connectivity index (χ0n) is 3.96. The molecular weight excluding hydrogens is 124 g/mol. The quantitative estimate of drug-likeness (QED) is 0.487. The molecule has 1 rings (SSSR count). The number of rotatable bonds is 0. The van der Waals surface area contributed by atoms with Crippen molar-refractivity contribution in [3.63, 3.8) is 0 Å². The molecule has 1 aromatic heterocycles. The third kappa shape index (κ3) is 0.812. The first kappa shape index (κ1) is 5.17. The molecule has 0 spiro atoms. The molecule has 0 aliphatic rings. The smallest absolute Gasteiger partial charge is 0.181 e. The Morgan fingerprint density at radius 3 is 2.88 bits per heavy atom. The summed E-state index contributed by atoms with van der Waals surface area (Å²) in [6, 6.07) is 0. The lowest BCUT2D eigenvalue weighted by Gasteiger charge is -1.84. The summed E-state index contributed by atoms with van der Waals surface area (Å²) in [6.07, 6.45) is 1.39. The van der Waals surface area contributed by atoms with Gasteiger partial charge < -0.3 is 10.7 Å². The summed E-state index contributed by atoms with van der Waals surface area (Å²) in [5.41, 5.74) is 5.21. The standard InChI is InChI=1S/C3H4N4S/c4-2-3(8)5-1-6-7-2/h1H,(H2,4,7)(H,5,6,8).